The van der Waals surface area contributed by atoms with Gasteiger partial charge in [0.1, 0.15) is 5.75 Å². The van der Waals surface area contributed by atoms with Gasteiger partial charge in [-0.25, -0.2) is 4.98 Å². The number of ether oxygens (including phenoxy) is 1. The highest BCUT2D eigenvalue weighted by Gasteiger charge is 2.08. The van der Waals surface area contributed by atoms with Crippen molar-refractivity contribution in [3.05, 3.63) is 18.2 Å². The first-order valence-electron chi connectivity index (χ1n) is 7.91. The average molecular weight is 289 g/mol. The maximum atomic E-state index is 6.04. The van der Waals surface area contributed by atoms with E-state index in [0.29, 0.717) is 5.95 Å². The van der Waals surface area contributed by atoms with Gasteiger partial charge in [0.25, 0.3) is 0 Å². The first-order valence-corrected chi connectivity index (χ1v) is 7.91. The summed E-state index contributed by atoms with van der Waals surface area (Å²) < 4.78 is 7.33. The molecule has 0 saturated heterocycles. The number of fused-ring (bicyclic) bond motifs is 1. The van der Waals surface area contributed by atoms with E-state index < -0.39 is 0 Å². The van der Waals surface area contributed by atoms with E-state index in [1.165, 1.54) is 25.7 Å². The van der Waals surface area contributed by atoms with Crippen LogP contribution in [-0.4, -0.2) is 16.7 Å². The minimum atomic E-state index is 0.598. The smallest absolute Gasteiger partial charge is 0.201 e. The van der Waals surface area contributed by atoms with Gasteiger partial charge < -0.3 is 15.0 Å². The largest absolute Gasteiger partial charge is 0.497 e. The van der Waals surface area contributed by atoms with Crippen LogP contribution in [0.5, 0.6) is 5.75 Å². The SMILES string of the molecule is COc1ccc2c(c1)nc(N)n2CCCCCCC(C)C. The van der Waals surface area contributed by atoms with Crippen LogP contribution in [-0.2, 0) is 6.54 Å². The monoisotopic (exact) mass is 289 g/mol. The van der Waals surface area contributed by atoms with E-state index in [2.05, 4.69) is 23.4 Å². The molecule has 2 N–H and O–H groups in total. The van der Waals surface area contributed by atoms with Gasteiger partial charge >= 0.3 is 0 Å². The molecule has 4 nitrogen and oxygen atoms in total. The van der Waals surface area contributed by atoms with E-state index in [9.17, 15) is 0 Å². The second-order valence-corrected chi connectivity index (χ2v) is 6.07. The third kappa shape index (κ3) is 4.13. The van der Waals surface area contributed by atoms with Crippen LogP contribution >= 0.6 is 0 Å². The van der Waals surface area contributed by atoms with E-state index in [1.54, 1.807) is 7.11 Å². The Balaban J connectivity index is 1.91. The summed E-state index contributed by atoms with van der Waals surface area (Å²) in [5, 5.41) is 0. The Morgan fingerprint density at radius 2 is 1.95 bits per heavy atom. The number of hydrogen-bond acceptors (Lipinski definition) is 3. The molecule has 0 spiro atoms. The van der Waals surface area contributed by atoms with Crippen LogP contribution in [0.1, 0.15) is 46.0 Å². The van der Waals surface area contributed by atoms with Gasteiger partial charge in [0.05, 0.1) is 18.1 Å². The van der Waals surface area contributed by atoms with Gasteiger partial charge in [-0.1, -0.05) is 39.5 Å². The molecular weight excluding hydrogens is 262 g/mol. The molecule has 0 unspecified atom stereocenters. The third-order valence-electron chi connectivity index (χ3n) is 3.90. The van der Waals surface area contributed by atoms with E-state index in [-0.39, 0.29) is 0 Å². The molecular formula is C17H27N3O. The fraction of sp³-hybridized carbons (Fsp3) is 0.588. The summed E-state index contributed by atoms with van der Waals surface area (Å²) in [4.78, 5) is 4.42. The number of imidazole rings is 1. The second-order valence-electron chi connectivity index (χ2n) is 6.07. The minimum Gasteiger partial charge on any atom is -0.497 e. The number of aryl methyl sites for hydroxylation is 1. The topological polar surface area (TPSA) is 53.1 Å². The molecule has 0 amide bonds. The molecule has 116 valence electrons. The van der Waals surface area contributed by atoms with Gasteiger partial charge in [-0.2, -0.15) is 0 Å². The number of rotatable bonds is 8. The number of anilines is 1. The zero-order valence-electron chi connectivity index (χ0n) is 13.4. The first kappa shape index (κ1) is 15.7. The van der Waals surface area contributed by atoms with Gasteiger partial charge in [0.2, 0.25) is 5.95 Å². The highest BCUT2D eigenvalue weighted by atomic mass is 16.5. The zero-order valence-corrected chi connectivity index (χ0v) is 13.4. The molecule has 0 radical (unpaired) electrons. The van der Waals surface area contributed by atoms with Crippen LogP contribution in [0.2, 0.25) is 0 Å². The van der Waals surface area contributed by atoms with E-state index in [1.807, 2.05) is 18.2 Å². The number of hydrogen-bond donors (Lipinski definition) is 1. The van der Waals surface area contributed by atoms with Gasteiger partial charge in [-0.3, -0.25) is 0 Å². The Hall–Kier alpha value is -1.71. The Bertz CT molecular complexity index is 575. The van der Waals surface area contributed by atoms with Crippen LogP contribution in [0.25, 0.3) is 11.0 Å². The van der Waals surface area contributed by atoms with Crippen LogP contribution in [0.4, 0.5) is 5.95 Å². The van der Waals surface area contributed by atoms with Crippen molar-refractivity contribution in [1.82, 2.24) is 9.55 Å². The van der Waals surface area contributed by atoms with Crippen molar-refractivity contribution in [1.29, 1.82) is 0 Å². The molecule has 1 heterocycles. The summed E-state index contributed by atoms with van der Waals surface area (Å²) >= 11 is 0. The first-order chi connectivity index (χ1) is 10.1. The Morgan fingerprint density at radius 3 is 2.67 bits per heavy atom. The summed E-state index contributed by atoms with van der Waals surface area (Å²) in [5.41, 5.74) is 8.04. The molecule has 0 bridgehead atoms. The lowest BCUT2D eigenvalue weighted by Gasteiger charge is -2.07. The summed E-state index contributed by atoms with van der Waals surface area (Å²) in [5.74, 6) is 2.23. The van der Waals surface area contributed by atoms with Gasteiger partial charge in [-0.15, -0.1) is 0 Å². The quantitative estimate of drug-likeness (QED) is 0.740. The average Bonchev–Trinajstić information content (AvgIpc) is 2.77. The van der Waals surface area contributed by atoms with Crippen LogP contribution in [0, 0.1) is 5.92 Å². The summed E-state index contributed by atoms with van der Waals surface area (Å²) in [6, 6.07) is 5.93. The van der Waals surface area contributed by atoms with Crippen molar-refractivity contribution in [2.75, 3.05) is 12.8 Å². The normalized spacial score (nSPS) is 11.4. The zero-order chi connectivity index (χ0) is 15.2. The van der Waals surface area contributed by atoms with Gasteiger partial charge in [0.15, 0.2) is 0 Å². The van der Waals surface area contributed by atoms with Crippen molar-refractivity contribution in [3.63, 3.8) is 0 Å². The van der Waals surface area contributed by atoms with Gasteiger partial charge in [-0.05, 0) is 24.5 Å². The van der Waals surface area contributed by atoms with Crippen LogP contribution in [0.3, 0.4) is 0 Å². The van der Waals surface area contributed by atoms with Crippen molar-refractivity contribution in [2.45, 2.75) is 52.5 Å². The Labute approximate surface area is 127 Å². The molecule has 1 aromatic heterocycles. The maximum Gasteiger partial charge on any atom is 0.201 e. The number of nitrogens with two attached hydrogens (primary N) is 1. The van der Waals surface area contributed by atoms with Crippen LogP contribution < -0.4 is 10.5 Å². The Kier molecular flexibility index (Phi) is 5.48. The summed E-state index contributed by atoms with van der Waals surface area (Å²) in [7, 11) is 1.67. The fourth-order valence-corrected chi connectivity index (χ4v) is 2.67. The standard InChI is InChI=1S/C17H27N3O/c1-13(2)8-6-4-5-7-11-20-16-10-9-14(21-3)12-15(16)19-17(20)18/h9-10,12-13H,4-8,11H2,1-3H3,(H2,18,19). The van der Waals surface area contributed by atoms with Crippen molar-refractivity contribution < 1.29 is 4.74 Å². The summed E-state index contributed by atoms with van der Waals surface area (Å²) in [6.07, 6.45) is 6.37. The lowest BCUT2D eigenvalue weighted by atomic mass is 10.0. The molecule has 0 aliphatic carbocycles. The molecule has 2 rings (SSSR count). The van der Waals surface area contributed by atoms with Crippen LogP contribution in [0.15, 0.2) is 18.2 Å². The highest BCUT2D eigenvalue weighted by Crippen LogP contribution is 2.23. The van der Waals surface area contributed by atoms with Crippen molar-refractivity contribution in [3.8, 4) is 5.75 Å². The number of nitrogens with zero attached hydrogens (tertiary/aromatic N) is 2. The number of methoxy groups -OCH3 is 1. The molecule has 21 heavy (non-hydrogen) atoms. The molecule has 0 aliphatic rings. The summed E-state index contributed by atoms with van der Waals surface area (Å²) in [6.45, 7) is 5.51. The number of aromatic nitrogens is 2. The van der Waals surface area contributed by atoms with E-state index in [4.69, 9.17) is 10.5 Å². The molecule has 0 saturated carbocycles. The fourth-order valence-electron chi connectivity index (χ4n) is 2.67. The number of unbranched alkanes of at least 4 members (excludes halogenated alkanes) is 3. The molecule has 4 heteroatoms. The van der Waals surface area contributed by atoms with E-state index in [0.717, 1.165) is 35.7 Å². The third-order valence-corrected chi connectivity index (χ3v) is 3.90. The predicted molar refractivity (Wildman–Crippen MR) is 88.6 cm³/mol. The highest BCUT2D eigenvalue weighted by molar-refractivity contribution is 5.79. The second kappa shape index (κ2) is 7.34. The van der Waals surface area contributed by atoms with E-state index >= 15 is 0 Å². The minimum absolute atomic E-state index is 0.598. The molecule has 1 aromatic carbocycles. The molecule has 0 fully saturated rings. The lowest BCUT2D eigenvalue weighted by molar-refractivity contribution is 0.415. The van der Waals surface area contributed by atoms with Gasteiger partial charge in [0, 0.05) is 12.6 Å². The van der Waals surface area contributed by atoms with Crippen molar-refractivity contribution in [2.24, 2.45) is 5.92 Å². The van der Waals surface area contributed by atoms with Crippen molar-refractivity contribution >= 4 is 17.0 Å². The number of benzene rings is 1. The maximum absolute atomic E-state index is 6.04. The lowest BCUT2D eigenvalue weighted by Crippen LogP contribution is -2.03. The predicted octanol–water partition coefficient (Wildman–Crippen LogP) is 4.23. The molecule has 0 atom stereocenters. The number of nitrogen functional groups attached to an aromatic ring is 1. The Morgan fingerprint density at radius 1 is 1.19 bits per heavy atom. The molecule has 0 aliphatic heterocycles. The molecule has 2 aromatic rings.